The van der Waals surface area contributed by atoms with E-state index in [0.29, 0.717) is 10.7 Å². The van der Waals surface area contributed by atoms with Crippen LogP contribution in [0.3, 0.4) is 0 Å². The van der Waals surface area contributed by atoms with E-state index < -0.39 is 5.97 Å². The van der Waals surface area contributed by atoms with Gasteiger partial charge in [-0.3, -0.25) is 0 Å². The maximum Gasteiger partial charge on any atom is 0.372 e. The standard InChI is InChI=1S/C22H22ClNO4/c1-4-7-21(17-10-12-20(23)13-11-17)24-28-15-19-9-6-5-8-18(19)14-27-16(2)22(25)26-3/h4-13H,2,14-15H2,1,3H3/b7-4+,24-21+. The van der Waals surface area contributed by atoms with Gasteiger partial charge in [0.25, 0.3) is 0 Å². The van der Waals surface area contributed by atoms with Gasteiger partial charge in [0.1, 0.15) is 18.9 Å². The zero-order chi connectivity index (χ0) is 20.4. The SMILES string of the molecule is C=C(OCc1ccccc1CO/N=C(\C=C\C)c1ccc(Cl)cc1)C(=O)OC. The number of benzene rings is 2. The van der Waals surface area contributed by atoms with Crippen molar-refractivity contribution in [1.29, 1.82) is 0 Å². The lowest BCUT2D eigenvalue weighted by Crippen LogP contribution is -2.08. The summed E-state index contributed by atoms with van der Waals surface area (Å²) in [5.41, 5.74) is 3.34. The number of carbonyl (C=O) groups excluding carboxylic acids is 1. The van der Waals surface area contributed by atoms with Gasteiger partial charge in [-0.1, -0.05) is 59.2 Å². The molecule has 6 heteroatoms. The Kier molecular flexibility index (Phi) is 8.31. The highest BCUT2D eigenvalue weighted by Gasteiger charge is 2.10. The molecule has 0 heterocycles. The van der Waals surface area contributed by atoms with E-state index in [1.807, 2.05) is 55.5 Å². The number of ether oxygens (including phenoxy) is 2. The summed E-state index contributed by atoms with van der Waals surface area (Å²) in [5, 5.41) is 4.90. The summed E-state index contributed by atoms with van der Waals surface area (Å²) in [6, 6.07) is 14.9. The molecule has 0 aliphatic carbocycles. The van der Waals surface area contributed by atoms with Gasteiger partial charge in [-0.15, -0.1) is 0 Å². The summed E-state index contributed by atoms with van der Waals surface area (Å²) >= 11 is 5.94. The van der Waals surface area contributed by atoms with Crippen molar-refractivity contribution >= 4 is 23.3 Å². The quantitative estimate of drug-likeness (QED) is 0.195. The molecule has 2 rings (SSSR count). The fraction of sp³-hybridized carbons (Fsp3) is 0.182. The molecule has 2 aromatic carbocycles. The predicted molar refractivity (Wildman–Crippen MR) is 110 cm³/mol. The Hall–Kier alpha value is -3.05. The molecule has 0 aliphatic heterocycles. The Morgan fingerprint density at radius 2 is 1.75 bits per heavy atom. The van der Waals surface area contributed by atoms with E-state index in [1.54, 1.807) is 12.1 Å². The highest BCUT2D eigenvalue weighted by Crippen LogP contribution is 2.15. The van der Waals surface area contributed by atoms with Gasteiger partial charge in [0.2, 0.25) is 0 Å². The van der Waals surface area contributed by atoms with Crippen LogP contribution >= 0.6 is 11.6 Å². The second kappa shape index (κ2) is 10.9. The fourth-order valence-corrected chi connectivity index (χ4v) is 2.43. The smallest absolute Gasteiger partial charge is 0.372 e. The molecule has 2 aromatic rings. The van der Waals surface area contributed by atoms with Gasteiger partial charge in [-0.05, 0) is 42.8 Å². The van der Waals surface area contributed by atoms with E-state index in [1.165, 1.54) is 7.11 Å². The van der Waals surface area contributed by atoms with Crippen LogP contribution in [0.5, 0.6) is 0 Å². The number of hydrogen-bond acceptors (Lipinski definition) is 5. The van der Waals surface area contributed by atoms with Crippen LogP contribution < -0.4 is 0 Å². The average Bonchev–Trinajstić information content (AvgIpc) is 2.72. The van der Waals surface area contributed by atoms with Crippen LogP contribution in [0.15, 0.2) is 78.2 Å². The molecule has 0 saturated carbocycles. The van der Waals surface area contributed by atoms with Crippen molar-refractivity contribution in [3.05, 3.63) is 94.7 Å². The molecule has 0 atom stereocenters. The number of methoxy groups -OCH3 is 1. The molecule has 146 valence electrons. The van der Waals surface area contributed by atoms with Crippen LogP contribution in [0, 0.1) is 0 Å². The highest BCUT2D eigenvalue weighted by molar-refractivity contribution is 6.30. The number of halogens is 1. The van der Waals surface area contributed by atoms with Gasteiger partial charge in [0.15, 0.2) is 5.76 Å². The molecule has 28 heavy (non-hydrogen) atoms. The van der Waals surface area contributed by atoms with Crippen molar-refractivity contribution in [2.24, 2.45) is 5.16 Å². The lowest BCUT2D eigenvalue weighted by Gasteiger charge is -2.11. The van der Waals surface area contributed by atoms with Crippen LogP contribution in [-0.2, 0) is 32.3 Å². The number of hydrogen-bond donors (Lipinski definition) is 0. The number of allylic oxidation sites excluding steroid dienone is 2. The van der Waals surface area contributed by atoms with Gasteiger partial charge in [0.05, 0.1) is 7.11 Å². The topological polar surface area (TPSA) is 57.1 Å². The van der Waals surface area contributed by atoms with E-state index in [-0.39, 0.29) is 19.0 Å². The molecule has 0 unspecified atom stereocenters. The second-order valence-corrected chi connectivity index (χ2v) is 6.17. The number of rotatable bonds is 9. The molecular formula is C22H22ClNO4. The summed E-state index contributed by atoms with van der Waals surface area (Å²) in [6.07, 6.45) is 3.75. The molecular weight excluding hydrogens is 378 g/mol. The predicted octanol–water partition coefficient (Wildman–Crippen LogP) is 5.04. The molecule has 0 saturated heterocycles. The summed E-state index contributed by atoms with van der Waals surface area (Å²) in [4.78, 5) is 16.9. The largest absolute Gasteiger partial charge is 0.482 e. The van der Waals surface area contributed by atoms with Crippen molar-refractivity contribution in [3.8, 4) is 0 Å². The van der Waals surface area contributed by atoms with Gasteiger partial charge >= 0.3 is 5.97 Å². The van der Waals surface area contributed by atoms with Crippen molar-refractivity contribution in [2.45, 2.75) is 20.1 Å². The van der Waals surface area contributed by atoms with Gasteiger partial charge in [0, 0.05) is 10.6 Å². The molecule has 0 spiro atoms. The van der Waals surface area contributed by atoms with Crippen molar-refractivity contribution in [3.63, 3.8) is 0 Å². The van der Waals surface area contributed by atoms with Gasteiger partial charge in [-0.25, -0.2) is 4.79 Å². The maximum absolute atomic E-state index is 11.4. The summed E-state index contributed by atoms with van der Waals surface area (Å²) in [7, 11) is 1.28. The Balaban J connectivity index is 2.06. The third kappa shape index (κ3) is 6.28. The van der Waals surface area contributed by atoms with Crippen LogP contribution in [0.25, 0.3) is 0 Å². The summed E-state index contributed by atoms with van der Waals surface area (Å²) in [5.74, 6) is -0.647. The molecule has 0 aliphatic rings. The van der Waals surface area contributed by atoms with Crippen molar-refractivity contribution < 1.29 is 19.1 Å². The van der Waals surface area contributed by atoms with Crippen LogP contribution in [0.2, 0.25) is 5.02 Å². The molecule has 0 radical (unpaired) electrons. The fourth-order valence-electron chi connectivity index (χ4n) is 2.31. The van der Waals surface area contributed by atoms with Gasteiger partial charge in [-0.2, -0.15) is 0 Å². The van der Waals surface area contributed by atoms with E-state index in [2.05, 4.69) is 16.5 Å². The zero-order valence-electron chi connectivity index (χ0n) is 15.9. The van der Waals surface area contributed by atoms with Crippen LogP contribution in [-0.4, -0.2) is 18.8 Å². The molecule has 0 aromatic heterocycles. The van der Waals surface area contributed by atoms with Crippen molar-refractivity contribution in [1.82, 2.24) is 0 Å². The number of oxime groups is 1. The molecule has 0 amide bonds. The van der Waals surface area contributed by atoms with Gasteiger partial charge < -0.3 is 14.3 Å². The number of esters is 1. The molecule has 0 bridgehead atoms. The monoisotopic (exact) mass is 399 g/mol. The average molecular weight is 400 g/mol. The Morgan fingerprint density at radius 3 is 2.36 bits per heavy atom. The Morgan fingerprint density at radius 1 is 1.11 bits per heavy atom. The first-order valence-corrected chi connectivity index (χ1v) is 8.98. The van der Waals surface area contributed by atoms with E-state index in [4.69, 9.17) is 21.2 Å². The minimum absolute atomic E-state index is 0.0469. The number of nitrogens with zero attached hydrogens (tertiary/aromatic N) is 1. The highest BCUT2D eigenvalue weighted by atomic mass is 35.5. The summed E-state index contributed by atoms with van der Waals surface area (Å²) < 4.78 is 9.96. The first-order chi connectivity index (χ1) is 13.5. The molecule has 0 N–H and O–H groups in total. The lowest BCUT2D eigenvalue weighted by molar-refractivity contribution is -0.140. The maximum atomic E-state index is 11.4. The minimum Gasteiger partial charge on any atom is -0.482 e. The van der Waals surface area contributed by atoms with Crippen LogP contribution in [0.1, 0.15) is 23.6 Å². The van der Waals surface area contributed by atoms with Crippen LogP contribution in [0.4, 0.5) is 0 Å². The Labute approximate surface area is 169 Å². The molecule has 0 fully saturated rings. The van der Waals surface area contributed by atoms with E-state index >= 15 is 0 Å². The zero-order valence-corrected chi connectivity index (χ0v) is 16.6. The minimum atomic E-state index is -0.600. The normalized spacial score (nSPS) is 11.3. The second-order valence-electron chi connectivity index (χ2n) is 5.73. The third-order valence-electron chi connectivity index (χ3n) is 3.78. The van der Waals surface area contributed by atoms with E-state index in [0.717, 1.165) is 16.7 Å². The first kappa shape index (κ1) is 21.3. The number of carbonyl (C=O) groups is 1. The Bertz CT molecular complexity index is 872. The molecule has 5 nitrogen and oxygen atoms in total. The lowest BCUT2D eigenvalue weighted by atomic mass is 10.1. The summed E-state index contributed by atoms with van der Waals surface area (Å²) in [6.45, 7) is 5.88. The third-order valence-corrected chi connectivity index (χ3v) is 4.03. The first-order valence-electron chi connectivity index (χ1n) is 8.60. The van der Waals surface area contributed by atoms with E-state index in [9.17, 15) is 4.79 Å². The van der Waals surface area contributed by atoms with Crippen molar-refractivity contribution in [2.75, 3.05) is 7.11 Å².